The first-order chi connectivity index (χ1) is 7.58. The molecule has 0 aliphatic heterocycles. The summed E-state index contributed by atoms with van der Waals surface area (Å²) in [5, 5.41) is 4.46. The summed E-state index contributed by atoms with van der Waals surface area (Å²) in [5.41, 5.74) is 12.3. The van der Waals surface area contributed by atoms with Crippen molar-refractivity contribution in [2.24, 2.45) is 5.73 Å². The predicted octanol–water partition coefficient (Wildman–Crippen LogP) is 1.21. The van der Waals surface area contributed by atoms with Crippen LogP contribution in [0, 0.1) is 0 Å². The van der Waals surface area contributed by atoms with Gasteiger partial charge in [0.25, 0.3) is 5.91 Å². The van der Waals surface area contributed by atoms with Crippen molar-refractivity contribution in [3.63, 3.8) is 0 Å². The Bertz CT molecular complexity index is 550. The van der Waals surface area contributed by atoms with E-state index in [1.54, 1.807) is 24.4 Å². The number of carbonyl (C=O) groups excluding carboxylic acids is 1. The second kappa shape index (κ2) is 3.86. The van der Waals surface area contributed by atoms with E-state index in [0.29, 0.717) is 22.0 Å². The lowest BCUT2D eigenvalue weighted by Crippen LogP contribution is -2.15. The Morgan fingerprint density at radius 2 is 2.19 bits per heavy atom. The van der Waals surface area contributed by atoms with Crippen LogP contribution in [0.15, 0.2) is 30.6 Å². The van der Waals surface area contributed by atoms with Crippen molar-refractivity contribution < 1.29 is 4.79 Å². The van der Waals surface area contributed by atoms with Crippen LogP contribution >= 0.6 is 11.6 Å². The summed E-state index contributed by atoms with van der Waals surface area (Å²) in [6, 6.07) is 4.78. The average molecular weight is 237 g/mol. The maximum Gasteiger partial charge on any atom is 0.250 e. The maximum absolute atomic E-state index is 11.2. The van der Waals surface area contributed by atoms with Gasteiger partial charge in [0, 0.05) is 11.9 Å². The van der Waals surface area contributed by atoms with Gasteiger partial charge < -0.3 is 11.5 Å². The zero-order valence-corrected chi connectivity index (χ0v) is 8.98. The Kier molecular flexibility index (Phi) is 2.54. The van der Waals surface area contributed by atoms with Gasteiger partial charge in [0.2, 0.25) is 0 Å². The molecule has 0 unspecified atom stereocenters. The minimum atomic E-state index is -0.540. The van der Waals surface area contributed by atoms with Crippen LogP contribution in [-0.4, -0.2) is 15.7 Å². The Hall–Kier alpha value is -2.01. The monoisotopic (exact) mass is 236 g/mol. The zero-order valence-electron chi connectivity index (χ0n) is 8.22. The standard InChI is InChI=1S/C10H9ClN4O/c11-6-4-14-15(5-6)9-3-7(12)1-2-8(9)10(13)16/h1-5H,12H2,(H2,13,16). The second-order valence-corrected chi connectivity index (χ2v) is 3.68. The highest BCUT2D eigenvalue weighted by Gasteiger charge is 2.11. The molecule has 1 aromatic heterocycles. The number of hydrogen-bond donors (Lipinski definition) is 2. The van der Waals surface area contributed by atoms with E-state index in [9.17, 15) is 4.79 Å². The summed E-state index contributed by atoms with van der Waals surface area (Å²) >= 11 is 5.75. The lowest BCUT2D eigenvalue weighted by molar-refractivity contribution is 0.1000. The lowest BCUT2D eigenvalue weighted by Gasteiger charge is -2.07. The number of hydrogen-bond acceptors (Lipinski definition) is 3. The van der Waals surface area contributed by atoms with Crippen molar-refractivity contribution in [3.8, 4) is 5.69 Å². The molecular weight excluding hydrogens is 228 g/mol. The fourth-order valence-corrected chi connectivity index (χ4v) is 1.52. The molecule has 0 aliphatic carbocycles. The Morgan fingerprint density at radius 3 is 2.75 bits per heavy atom. The number of primary amides is 1. The predicted molar refractivity (Wildman–Crippen MR) is 61.5 cm³/mol. The number of amides is 1. The van der Waals surface area contributed by atoms with E-state index in [2.05, 4.69) is 5.10 Å². The van der Waals surface area contributed by atoms with Crippen LogP contribution in [0.5, 0.6) is 0 Å². The summed E-state index contributed by atoms with van der Waals surface area (Å²) in [4.78, 5) is 11.2. The largest absolute Gasteiger partial charge is 0.399 e. The van der Waals surface area contributed by atoms with E-state index < -0.39 is 5.91 Å². The Labute approximate surface area is 96.6 Å². The highest BCUT2D eigenvalue weighted by molar-refractivity contribution is 6.30. The Balaban J connectivity index is 2.62. The average Bonchev–Trinajstić information content (AvgIpc) is 2.64. The summed E-state index contributed by atoms with van der Waals surface area (Å²) in [6.45, 7) is 0. The molecule has 0 radical (unpaired) electrons. The van der Waals surface area contributed by atoms with Gasteiger partial charge in [0.15, 0.2) is 0 Å². The molecule has 0 saturated heterocycles. The molecule has 1 amide bonds. The van der Waals surface area contributed by atoms with Crippen LogP contribution in [0.1, 0.15) is 10.4 Å². The van der Waals surface area contributed by atoms with Gasteiger partial charge in [-0.25, -0.2) is 4.68 Å². The number of halogens is 1. The van der Waals surface area contributed by atoms with E-state index in [0.717, 1.165) is 0 Å². The molecule has 0 fully saturated rings. The first kappa shape index (κ1) is 10.5. The van der Waals surface area contributed by atoms with Crippen molar-refractivity contribution in [1.29, 1.82) is 0 Å². The highest BCUT2D eigenvalue weighted by atomic mass is 35.5. The van der Waals surface area contributed by atoms with Crippen LogP contribution in [0.2, 0.25) is 5.02 Å². The molecule has 4 N–H and O–H groups in total. The second-order valence-electron chi connectivity index (χ2n) is 3.24. The molecule has 1 heterocycles. The lowest BCUT2D eigenvalue weighted by atomic mass is 10.1. The third kappa shape index (κ3) is 1.85. The van der Waals surface area contributed by atoms with E-state index in [1.807, 2.05) is 0 Å². The summed E-state index contributed by atoms with van der Waals surface area (Å²) in [7, 11) is 0. The van der Waals surface area contributed by atoms with Crippen molar-refractivity contribution in [1.82, 2.24) is 9.78 Å². The van der Waals surface area contributed by atoms with E-state index >= 15 is 0 Å². The SMILES string of the molecule is NC(=O)c1ccc(N)cc1-n1cc(Cl)cn1. The van der Waals surface area contributed by atoms with Crippen molar-refractivity contribution in [2.75, 3.05) is 5.73 Å². The number of rotatable bonds is 2. The zero-order chi connectivity index (χ0) is 11.7. The Morgan fingerprint density at radius 1 is 1.44 bits per heavy atom. The summed E-state index contributed by atoms with van der Waals surface area (Å²) in [6.07, 6.45) is 3.04. The number of carbonyl (C=O) groups is 1. The van der Waals surface area contributed by atoms with Crippen molar-refractivity contribution in [3.05, 3.63) is 41.2 Å². The highest BCUT2D eigenvalue weighted by Crippen LogP contribution is 2.19. The fraction of sp³-hybridized carbons (Fsp3) is 0. The number of benzene rings is 1. The number of aromatic nitrogens is 2. The molecule has 2 aromatic rings. The van der Waals surface area contributed by atoms with Gasteiger partial charge in [-0.15, -0.1) is 0 Å². The van der Waals surface area contributed by atoms with Gasteiger partial charge in [-0.1, -0.05) is 11.6 Å². The van der Waals surface area contributed by atoms with Crippen LogP contribution in [0.4, 0.5) is 5.69 Å². The topological polar surface area (TPSA) is 86.9 Å². The molecule has 0 aliphatic rings. The third-order valence-electron chi connectivity index (χ3n) is 2.09. The number of nitrogen functional groups attached to an aromatic ring is 1. The molecule has 5 nitrogen and oxygen atoms in total. The van der Waals surface area contributed by atoms with Gasteiger partial charge >= 0.3 is 0 Å². The maximum atomic E-state index is 11.2. The van der Waals surface area contributed by atoms with Gasteiger partial charge in [0.05, 0.1) is 22.5 Å². The van der Waals surface area contributed by atoms with Crippen molar-refractivity contribution >= 4 is 23.2 Å². The minimum Gasteiger partial charge on any atom is -0.399 e. The van der Waals surface area contributed by atoms with Crippen LogP contribution in [-0.2, 0) is 0 Å². The number of nitrogens with two attached hydrogens (primary N) is 2. The van der Waals surface area contributed by atoms with Gasteiger partial charge in [0.1, 0.15) is 0 Å². The molecule has 82 valence electrons. The quantitative estimate of drug-likeness (QED) is 0.769. The van der Waals surface area contributed by atoms with Crippen LogP contribution < -0.4 is 11.5 Å². The van der Waals surface area contributed by atoms with E-state index in [4.69, 9.17) is 23.1 Å². The summed E-state index contributed by atoms with van der Waals surface area (Å²) in [5.74, 6) is -0.540. The molecule has 0 spiro atoms. The smallest absolute Gasteiger partial charge is 0.250 e. The number of anilines is 1. The minimum absolute atomic E-state index is 0.342. The van der Waals surface area contributed by atoms with Gasteiger partial charge in [-0.3, -0.25) is 4.79 Å². The molecule has 0 atom stereocenters. The molecule has 0 saturated carbocycles. The van der Waals surface area contributed by atoms with E-state index in [-0.39, 0.29) is 0 Å². The van der Waals surface area contributed by atoms with Gasteiger partial charge in [-0.05, 0) is 18.2 Å². The molecule has 6 heteroatoms. The van der Waals surface area contributed by atoms with Gasteiger partial charge in [-0.2, -0.15) is 5.10 Å². The molecule has 1 aromatic carbocycles. The van der Waals surface area contributed by atoms with Crippen molar-refractivity contribution in [2.45, 2.75) is 0 Å². The first-order valence-corrected chi connectivity index (χ1v) is 4.85. The van der Waals surface area contributed by atoms with E-state index in [1.165, 1.54) is 10.9 Å². The van der Waals surface area contributed by atoms with Crippen LogP contribution in [0.3, 0.4) is 0 Å². The summed E-state index contributed by atoms with van der Waals surface area (Å²) < 4.78 is 1.46. The third-order valence-corrected chi connectivity index (χ3v) is 2.28. The number of nitrogens with zero attached hydrogens (tertiary/aromatic N) is 2. The normalized spacial score (nSPS) is 10.3. The molecule has 0 bridgehead atoms. The molecular formula is C10H9ClN4O. The first-order valence-electron chi connectivity index (χ1n) is 4.48. The fourth-order valence-electron chi connectivity index (χ4n) is 1.38. The molecule has 16 heavy (non-hydrogen) atoms. The molecule has 2 rings (SSSR count). The van der Waals surface area contributed by atoms with Crippen LogP contribution in [0.25, 0.3) is 5.69 Å².